The monoisotopic (exact) mass is 214 g/mol. The average molecular weight is 214 g/mol. The maximum atomic E-state index is 11.3. The first kappa shape index (κ1) is 12.8. The standard InChI is InChI=1S/C9H14N2O2S/c1-5-13-9(12)7(6-10)8(14-4)11(2)3/h5H2,1-4H3/b8-7+. The van der Waals surface area contributed by atoms with Gasteiger partial charge in [0.15, 0.2) is 5.57 Å². The Hall–Kier alpha value is -1.15. The Morgan fingerprint density at radius 3 is 2.43 bits per heavy atom. The zero-order valence-corrected chi connectivity index (χ0v) is 9.64. The molecule has 0 spiro atoms. The second kappa shape index (κ2) is 6.33. The van der Waals surface area contributed by atoms with Crippen molar-refractivity contribution >= 4 is 17.7 Å². The molecule has 78 valence electrons. The van der Waals surface area contributed by atoms with E-state index in [4.69, 9.17) is 10.00 Å². The number of rotatable bonds is 4. The molecule has 0 saturated carbocycles. The third kappa shape index (κ3) is 3.30. The molecule has 5 heteroatoms. The predicted molar refractivity (Wildman–Crippen MR) is 56.5 cm³/mol. The van der Waals surface area contributed by atoms with E-state index in [0.29, 0.717) is 5.03 Å². The van der Waals surface area contributed by atoms with Crippen LogP contribution in [0.2, 0.25) is 0 Å². The van der Waals surface area contributed by atoms with Crippen LogP contribution in [0.1, 0.15) is 6.92 Å². The summed E-state index contributed by atoms with van der Waals surface area (Å²) in [4.78, 5) is 13.1. The molecular formula is C9H14N2O2S. The van der Waals surface area contributed by atoms with Gasteiger partial charge in [-0.3, -0.25) is 0 Å². The molecule has 0 unspecified atom stereocenters. The van der Waals surface area contributed by atoms with Crippen molar-refractivity contribution < 1.29 is 9.53 Å². The zero-order valence-electron chi connectivity index (χ0n) is 8.83. The van der Waals surface area contributed by atoms with Crippen molar-refractivity contribution in [1.29, 1.82) is 5.26 Å². The number of hydrogen-bond donors (Lipinski definition) is 0. The van der Waals surface area contributed by atoms with Crippen LogP contribution in [0, 0.1) is 11.3 Å². The summed E-state index contributed by atoms with van der Waals surface area (Å²) in [7, 11) is 3.56. The SMILES string of the molecule is CCOC(=O)/C(C#N)=C(/SC)N(C)C. The van der Waals surface area contributed by atoms with Crippen LogP contribution in [0.3, 0.4) is 0 Å². The number of thioether (sulfide) groups is 1. The first-order valence-corrected chi connectivity index (χ1v) is 5.33. The summed E-state index contributed by atoms with van der Waals surface area (Å²) in [6.45, 7) is 1.99. The summed E-state index contributed by atoms with van der Waals surface area (Å²) in [5.41, 5.74) is 0.0596. The number of carbonyl (C=O) groups excluding carboxylic acids is 1. The molecule has 0 saturated heterocycles. The van der Waals surface area contributed by atoms with E-state index in [1.54, 1.807) is 25.9 Å². The van der Waals surface area contributed by atoms with Gasteiger partial charge in [0, 0.05) is 14.1 Å². The van der Waals surface area contributed by atoms with Crippen molar-refractivity contribution in [2.75, 3.05) is 27.0 Å². The Morgan fingerprint density at radius 2 is 2.14 bits per heavy atom. The van der Waals surface area contributed by atoms with Gasteiger partial charge in [-0.2, -0.15) is 5.26 Å². The lowest BCUT2D eigenvalue weighted by atomic mass is 10.3. The third-order valence-electron chi connectivity index (χ3n) is 1.40. The van der Waals surface area contributed by atoms with Gasteiger partial charge in [0.25, 0.3) is 0 Å². The van der Waals surface area contributed by atoms with E-state index >= 15 is 0 Å². The van der Waals surface area contributed by atoms with Crippen LogP contribution in [-0.2, 0) is 9.53 Å². The summed E-state index contributed by atoms with van der Waals surface area (Å²) in [6.07, 6.45) is 1.81. The lowest BCUT2D eigenvalue weighted by Gasteiger charge is -2.15. The molecule has 0 fully saturated rings. The lowest BCUT2D eigenvalue weighted by molar-refractivity contribution is -0.138. The fourth-order valence-corrected chi connectivity index (χ4v) is 1.59. The molecule has 0 amide bonds. The van der Waals surface area contributed by atoms with E-state index in [1.807, 2.05) is 12.3 Å². The maximum Gasteiger partial charge on any atom is 0.351 e. The van der Waals surface area contributed by atoms with Crippen molar-refractivity contribution in [2.24, 2.45) is 0 Å². The molecule has 0 aromatic carbocycles. The van der Waals surface area contributed by atoms with E-state index < -0.39 is 5.97 Å². The lowest BCUT2D eigenvalue weighted by Crippen LogP contribution is -2.16. The highest BCUT2D eigenvalue weighted by Gasteiger charge is 2.17. The molecular weight excluding hydrogens is 200 g/mol. The van der Waals surface area contributed by atoms with Gasteiger partial charge in [0.2, 0.25) is 0 Å². The number of nitrogens with zero attached hydrogens (tertiary/aromatic N) is 2. The highest BCUT2D eigenvalue weighted by Crippen LogP contribution is 2.19. The van der Waals surface area contributed by atoms with Crippen LogP contribution in [-0.4, -0.2) is 37.8 Å². The Morgan fingerprint density at radius 1 is 1.57 bits per heavy atom. The zero-order chi connectivity index (χ0) is 11.1. The molecule has 0 heterocycles. The minimum Gasteiger partial charge on any atom is -0.462 e. The minimum atomic E-state index is -0.562. The Balaban J connectivity index is 5.01. The summed E-state index contributed by atoms with van der Waals surface area (Å²) >= 11 is 1.35. The van der Waals surface area contributed by atoms with Gasteiger partial charge >= 0.3 is 5.97 Å². The van der Waals surface area contributed by atoms with Crippen LogP contribution < -0.4 is 0 Å². The van der Waals surface area contributed by atoms with E-state index in [1.165, 1.54) is 11.8 Å². The smallest absolute Gasteiger partial charge is 0.351 e. The van der Waals surface area contributed by atoms with Crippen LogP contribution in [0.25, 0.3) is 0 Å². The second-order valence-corrected chi connectivity index (χ2v) is 3.41. The maximum absolute atomic E-state index is 11.3. The molecule has 0 N–H and O–H groups in total. The van der Waals surface area contributed by atoms with Crippen molar-refractivity contribution in [3.8, 4) is 6.07 Å². The van der Waals surface area contributed by atoms with E-state index in [2.05, 4.69) is 0 Å². The largest absolute Gasteiger partial charge is 0.462 e. The van der Waals surface area contributed by atoms with Gasteiger partial charge in [0.1, 0.15) is 6.07 Å². The number of ether oxygens (including phenoxy) is 1. The molecule has 0 rings (SSSR count). The fourth-order valence-electron chi connectivity index (χ4n) is 0.892. The molecule has 0 bridgehead atoms. The van der Waals surface area contributed by atoms with Crippen LogP contribution in [0.15, 0.2) is 10.6 Å². The summed E-state index contributed by atoms with van der Waals surface area (Å²) in [6, 6.07) is 1.86. The average Bonchev–Trinajstić information content (AvgIpc) is 2.13. The van der Waals surface area contributed by atoms with Crippen molar-refractivity contribution in [1.82, 2.24) is 4.90 Å². The first-order valence-electron chi connectivity index (χ1n) is 4.11. The van der Waals surface area contributed by atoms with Gasteiger partial charge in [-0.05, 0) is 13.2 Å². The fraction of sp³-hybridized carbons (Fsp3) is 0.556. The Bertz CT molecular complexity index is 279. The predicted octanol–water partition coefficient (Wildman–Crippen LogP) is 1.21. The quantitative estimate of drug-likeness (QED) is 0.400. The van der Waals surface area contributed by atoms with Crippen LogP contribution in [0.5, 0.6) is 0 Å². The molecule has 0 atom stereocenters. The highest BCUT2D eigenvalue weighted by atomic mass is 32.2. The van der Waals surface area contributed by atoms with Crippen LogP contribution in [0.4, 0.5) is 0 Å². The molecule has 0 aromatic heterocycles. The molecule has 0 aliphatic rings. The molecule has 14 heavy (non-hydrogen) atoms. The van der Waals surface area contributed by atoms with E-state index in [0.717, 1.165) is 0 Å². The summed E-state index contributed by atoms with van der Waals surface area (Å²) in [5, 5.41) is 9.44. The normalized spacial score (nSPS) is 11.4. The number of hydrogen-bond acceptors (Lipinski definition) is 5. The summed E-state index contributed by atoms with van der Waals surface area (Å²) < 4.78 is 4.77. The highest BCUT2D eigenvalue weighted by molar-refractivity contribution is 8.02. The van der Waals surface area contributed by atoms with Gasteiger partial charge in [0.05, 0.1) is 11.6 Å². The molecule has 0 aromatic rings. The van der Waals surface area contributed by atoms with Crippen LogP contribution >= 0.6 is 11.8 Å². The molecule has 0 aliphatic carbocycles. The first-order chi connectivity index (χ1) is 6.58. The Labute approximate surface area is 88.5 Å². The third-order valence-corrected chi connectivity index (χ3v) is 2.36. The number of nitriles is 1. The van der Waals surface area contributed by atoms with Crippen molar-refractivity contribution in [3.63, 3.8) is 0 Å². The van der Waals surface area contributed by atoms with E-state index in [9.17, 15) is 4.79 Å². The van der Waals surface area contributed by atoms with Crippen molar-refractivity contribution in [2.45, 2.75) is 6.92 Å². The second-order valence-electron chi connectivity index (χ2n) is 2.61. The Kier molecular flexibility index (Phi) is 5.81. The number of carbonyl (C=O) groups is 1. The summed E-state index contributed by atoms with van der Waals surface area (Å²) in [5.74, 6) is -0.562. The molecule has 0 radical (unpaired) electrons. The molecule has 0 aliphatic heterocycles. The number of esters is 1. The van der Waals surface area contributed by atoms with Gasteiger partial charge < -0.3 is 9.64 Å². The van der Waals surface area contributed by atoms with Gasteiger partial charge in [-0.25, -0.2) is 4.79 Å². The topological polar surface area (TPSA) is 53.3 Å². The van der Waals surface area contributed by atoms with Crippen molar-refractivity contribution in [3.05, 3.63) is 10.6 Å². The minimum absolute atomic E-state index is 0.0596. The van der Waals surface area contributed by atoms with Gasteiger partial charge in [-0.1, -0.05) is 0 Å². The molecule has 4 nitrogen and oxygen atoms in total. The van der Waals surface area contributed by atoms with E-state index in [-0.39, 0.29) is 12.2 Å². The van der Waals surface area contributed by atoms with Gasteiger partial charge in [-0.15, -0.1) is 11.8 Å².